The predicted octanol–water partition coefficient (Wildman–Crippen LogP) is 3.18. The summed E-state index contributed by atoms with van der Waals surface area (Å²) in [6, 6.07) is 0. The number of ketones is 2. The molecule has 0 unspecified atom stereocenters. The first-order chi connectivity index (χ1) is 6.13. The van der Waals surface area contributed by atoms with E-state index < -0.39 is 30.3 Å². The first kappa shape index (κ1) is 12.9. The number of Topliss-reactive ketones (excluding diaryl/α,β-unsaturated/α-hetero) is 2. The fourth-order valence-corrected chi connectivity index (χ4v) is 2.56. The molecular weight excluding hydrogens is 317 g/mol. The third kappa shape index (κ3) is 1.66. The summed E-state index contributed by atoms with van der Waals surface area (Å²) in [5, 5.41) is -1.03. The molecule has 1 aliphatic carbocycles. The van der Waals surface area contributed by atoms with Crippen molar-refractivity contribution in [3.8, 4) is 0 Å². The highest BCUT2D eigenvalue weighted by molar-refractivity contribution is 6.81. The van der Waals surface area contributed by atoms with Gasteiger partial charge in [0.05, 0.1) is 5.03 Å². The summed E-state index contributed by atoms with van der Waals surface area (Å²) in [5.74, 6) is -2.16. The van der Waals surface area contributed by atoms with Gasteiger partial charge in [0, 0.05) is 0 Å². The number of halogens is 6. The Morgan fingerprint density at radius 2 is 1.29 bits per heavy atom. The Morgan fingerprint density at radius 1 is 0.857 bits per heavy atom. The van der Waals surface area contributed by atoms with Crippen LogP contribution in [0.2, 0.25) is 0 Å². The van der Waals surface area contributed by atoms with Gasteiger partial charge in [0.1, 0.15) is 5.03 Å². The van der Waals surface area contributed by atoms with Crippen LogP contribution in [0.3, 0.4) is 0 Å². The average Bonchev–Trinajstić information content (AvgIpc) is 2.11. The van der Waals surface area contributed by atoms with E-state index in [0.717, 1.165) is 0 Å². The van der Waals surface area contributed by atoms with Crippen LogP contribution in [0.25, 0.3) is 0 Å². The molecule has 8 heteroatoms. The van der Waals surface area contributed by atoms with Crippen LogP contribution in [-0.4, -0.2) is 20.2 Å². The summed E-state index contributed by atoms with van der Waals surface area (Å²) in [4.78, 5) is 22.7. The van der Waals surface area contributed by atoms with Gasteiger partial charge in [0.15, 0.2) is 0 Å². The smallest absolute Gasteiger partial charge is 0.242 e. The minimum Gasteiger partial charge on any atom is -0.292 e. The lowest BCUT2D eigenvalue weighted by Gasteiger charge is -2.30. The van der Waals surface area contributed by atoms with Gasteiger partial charge in [-0.1, -0.05) is 69.6 Å². The van der Waals surface area contributed by atoms with E-state index in [-0.39, 0.29) is 0 Å². The Kier molecular flexibility index (Phi) is 3.39. The second-order valence-electron chi connectivity index (χ2n) is 2.43. The monoisotopic (exact) mass is 314 g/mol. The van der Waals surface area contributed by atoms with Crippen molar-refractivity contribution >= 4 is 81.2 Å². The van der Waals surface area contributed by atoms with E-state index in [2.05, 4.69) is 0 Å². The molecule has 0 saturated heterocycles. The number of allylic oxidation sites excluding steroid dienone is 2. The van der Waals surface area contributed by atoms with Crippen LogP contribution in [0.4, 0.5) is 0 Å². The zero-order valence-corrected chi connectivity index (χ0v) is 10.6. The quantitative estimate of drug-likeness (QED) is 0.508. The SMILES string of the molecule is O=C1C(Cl)=C(Cl)C(Cl)(Cl)C(=O)C1(Cl)Cl. The van der Waals surface area contributed by atoms with Gasteiger partial charge in [0.25, 0.3) is 0 Å². The first-order valence-electron chi connectivity index (χ1n) is 3.04. The Morgan fingerprint density at radius 3 is 1.71 bits per heavy atom. The highest BCUT2D eigenvalue weighted by Gasteiger charge is 2.59. The van der Waals surface area contributed by atoms with Gasteiger partial charge in [-0.3, -0.25) is 9.59 Å². The fraction of sp³-hybridized carbons (Fsp3) is 0.333. The van der Waals surface area contributed by atoms with Crippen LogP contribution >= 0.6 is 69.6 Å². The molecular formula is C6Cl6O2. The molecule has 0 heterocycles. The molecule has 1 aliphatic rings. The number of carbonyl (C=O) groups excluding carboxylic acids is 2. The maximum atomic E-state index is 11.4. The summed E-state index contributed by atoms with van der Waals surface area (Å²) in [5.41, 5.74) is 0. The topological polar surface area (TPSA) is 34.1 Å². The lowest BCUT2D eigenvalue weighted by Crippen LogP contribution is -2.50. The van der Waals surface area contributed by atoms with Gasteiger partial charge in [-0.05, 0) is 0 Å². The molecule has 0 amide bonds. The molecule has 0 aromatic heterocycles. The molecule has 2 nitrogen and oxygen atoms in total. The third-order valence-corrected chi connectivity index (χ3v) is 4.05. The van der Waals surface area contributed by atoms with Gasteiger partial charge >= 0.3 is 0 Å². The molecule has 0 saturated carbocycles. The number of alkyl halides is 4. The van der Waals surface area contributed by atoms with E-state index in [1.165, 1.54) is 0 Å². The molecule has 0 aromatic rings. The molecule has 0 aromatic carbocycles. The lowest BCUT2D eigenvalue weighted by atomic mass is 10.0. The first-order valence-corrected chi connectivity index (χ1v) is 5.31. The standard InChI is InChI=1S/C6Cl6O2/c7-1-2(8)5(9,10)4(14)6(11,12)3(1)13. The maximum absolute atomic E-state index is 11.4. The van der Waals surface area contributed by atoms with E-state index in [0.29, 0.717) is 0 Å². The van der Waals surface area contributed by atoms with Crippen molar-refractivity contribution in [2.45, 2.75) is 8.67 Å². The van der Waals surface area contributed by atoms with Crippen molar-refractivity contribution in [2.75, 3.05) is 0 Å². The second-order valence-corrected chi connectivity index (χ2v) is 5.85. The van der Waals surface area contributed by atoms with E-state index in [1.54, 1.807) is 0 Å². The van der Waals surface area contributed by atoms with Crippen molar-refractivity contribution < 1.29 is 9.59 Å². The molecule has 0 radical (unpaired) electrons. The molecule has 0 N–H and O–H groups in total. The normalized spacial score (nSPS) is 25.6. The van der Waals surface area contributed by atoms with Gasteiger partial charge in [-0.15, -0.1) is 0 Å². The lowest BCUT2D eigenvalue weighted by molar-refractivity contribution is -0.126. The van der Waals surface area contributed by atoms with Crippen LogP contribution in [0, 0.1) is 0 Å². The Balaban J connectivity index is 3.47. The minimum atomic E-state index is -2.39. The van der Waals surface area contributed by atoms with Crippen molar-refractivity contribution in [1.82, 2.24) is 0 Å². The Hall–Kier alpha value is 0.820. The summed E-state index contributed by atoms with van der Waals surface area (Å²) >= 11 is 32.9. The van der Waals surface area contributed by atoms with Gasteiger partial charge < -0.3 is 0 Å². The van der Waals surface area contributed by atoms with E-state index in [4.69, 9.17) is 69.6 Å². The number of hydrogen-bond acceptors (Lipinski definition) is 2. The zero-order chi connectivity index (χ0) is 11.3. The van der Waals surface area contributed by atoms with Gasteiger partial charge in [0.2, 0.25) is 20.2 Å². The van der Waals surface area contributed by atoms with Crippen LogP contribution in [0.5, 0.6) is 0 Å². The molecule has 14 heavy (non-hydrogen) atoms. The van der Waals surface area contributed by atoms with Crippen LogP contribution in [-0.2, 0) is 9.59 Å². The van der Waals surface area contributed by atoms with Crippen molar-refractivity contribution in [2.24, 2.45) is 0 Å². The maximum Gasteiger partial charge on any atom is 0.242 e. The summed E-state index contributed by atoms with van der Waals surface area (Å²) in [7, 11) is 0. The molecule has 1 rings (SSSR count). The highest BCUT2D eigenvalue weighted by atomic mass is 35.5. The van der Waals surface area contributed by atoms with Crippen molar-refractivity contribution in [1.29, 1.82) is 0 Å². The van der Waals surface area contributed by atoms with Crippen LogP contribution in [0.15, 0.2) is 10.1 Å². The zero-order valence-electron chi connectivity index (χ0n) is 6.08. The number of rotatable bonds is 0. The molecule has 0 fully saturated rings. The highest BCUT2D eigenvalue weighted by Crippen LogP contribution is 2.48. The van der Waals surface area contributed by atoms with E-state index >= 15 is 0 Å². The minimum absolute atomic E-state index is 0.491. The van der Waals surface area contributed by atoms with E-state index in [1.807, 2.05) is 0 Å². The van der Waals surface area contributed by atoms with E-state index in [9.17, 15) is 9.59 Å². The number of carbonyl (C=O) groups is 2. The fourth-order valence-electron chi connectivity index (χ4n) is 0.775. The summed E-state index contributed by atoms with van der Waals surface area (Å²) in [6.45, 7) is 0. The number of hydrogen-bond donors (Lipinski definition) is 0. The van der Waals surface area contributed by atoms with Gasteiger partial charge in [-0.25, -0.2) is 0 Å². The third-order valence-electron chi connectivity index (χ3n) is 1.52. The van der Waals surface area contributed by atoms with Crippen LogP contribution < -0.4 is 0 Å². The van der Waals surface area contributed by atoms with Crippen LogP contribution in [0.1, 0.15) is 0 Å². The molecule has 0 aliphatic heterocycles. The molecule has 78 valence electrons. The summed E-state index contributed by atoms with van der Waals surface area (Å²) < 4.78 is -4.57. The average molecular weight is 317 g/mol. The summed E-state index contributed by atoms with van der Waals surface area (Å²) in [6.07, 6.45) is 0. The van der Waals surface area contributed by atoms with Gasteiger partial charge in [-0.2, -0.15) is 0 Å². The predicted molar refractivity (Wildman–Crippen MR) is 57.6 cm³/mol. The molecule has 0 atom stereocenters. The largest absolute Gasteiger partial charge is 0.292 e. The second kappa shape index (κ2) is 3.69. The van der Waals surface area contributed by atoms with Crippen molar-refractivity contribution in [3.63, 3.8) is 0 Å². The molecule has 0 bridgehead atoms. The Bertz CT molecular complexity index is 355. The Labute approximate surface area is 109 Å². The van der Waals surface area contributed by atoms with Crippen molar-refractivity contribution in [3.05, 3.63) is 10.1 Å². The molecule has 0 spiro atoms.